The van der Waals surface area contributed by atoms with Crippen molar-refractivity contribution in [3.05, 3.63) is 0 Å². The smallest absolute Gasteiger partial charge is 0.304 e. The van der Waals surface area contributed by atoms with E-state index in [1.807, 2.05) is 4.72 Å². The molecule has 0 spiro atoms. The van der Waals surface area contributed by atoms with Crippen LogP contribution in [0.25, 0.3) is 0 Å². The molecule has 0 atom stereocenters. The highest BCUT2D eigenvalue weighted by Crippen LogP contribution is 2.29. The molecule has 2 aliphatic heterocycles. The Labute approximate surface area is 125 Å². The fourth-order valence-electron chi connectivity index (χ4n) is 3.46. The molecule has 0 bridgehead atoms. The van der Waals surface area contributed by atoms with Gasteiger partial charge in [0.05, 0.1) is 18.8 Å². The van der Waals surface area contributed by atoms with Gasteiger partial charge in [-0.1, -0.05) is 0 Å². The third kappa shape index (κ3) is 3.56. The Hall–Kier alpha value is -0.700. The number of hydrogen-bond donors (Lipinski definition) is 2. The summed E-state index contributed by atoms with van der Waals surface area (Å²) in [6.45, 7) is 1.99. The predicted molar refractivity (Wildman–Crippen MR) is 76.8 cm³/mol. The number of ether oxygens (including phenoxy) is 1. The topological polar surface area (TPSA) is 87.7 Å². The first-order valence-corrected chi connectivity index (χ1v) is 9.17. The molecule has 1 aliphatic carbocycles. The van der Waals surface area contributed by atoms with Crippen LogP contribution in [-0.4, -0.2) is 56.5 Å². The first kappa shape index (κ1) is 15.2. The van der Waals surface area contributed by atoms with Crippen molar-refractivity contribution in [2.45, 2.75) is 56.8 Å². The second-order valence-corrected chi connectivity index (χ2v) is 7.71. The molecule has 0 unspecified atom stereocenters. The van der Waals surface area contributed by atoms with E-state index in [1.54, 1.807) is 0 Å². The van der Waals surface area contributed by atoms with Crippen LogP contribution in [0, 0.1) is 0 Å². The molecule has 0 aromatic heterocycles. The number of carbonyl (C=O) groups is 1. The van der Waals surface area contributed by atoms with E-state index in [0.717, 1.165) is 51.6 Å². The Morgan fingerprint density at radius 1 is 1.00 bits per heavy atom. The summed E-state index contributed by atoms with van der Waals surface area (Å²) in [4.78, 5) is 11.3. The lowest BCUT2D eigenvalue weighted by atomic mass is 9.92. The third-order valence-corrected chi connectivity index (χ3v) is 6.10. The average molecular weight is 317 g/mol. The van der Waals surface area contributed by atoms with E-state index in [1.165, 1.54) is 4.31 Å². The number of rotatable bonds is 3. The quantitative estimate of drug-likeness (QED) is 0.749. The summed E-state index contributed by atoms with van der Waals surface area (Å²) in [5, 5.41) is 3.32. The first-order chi connectivity index (χ1) is 10.0. The molecule has 3 rings (SSSR count). The number of piperidine rings is 1. The summed E-state index contributed by atoms with van der Waals surface area (Å²) in [5.41, 5.74) is 0. The maximum Gasteiger partial charge on any atom is 0.304 e. The minimum Gasteiger partial charge on any atom is -0.375 e. The molecule has 120 valence electrons. The van der Waals surface area contributed by atoms with Crippen molar-refractivity contribution < 1.29 is 17.9 Å². The molecule has 2 saturated heterocycles. The van der Waals surface area contributed by atoms with Gasteiger partial charge in [0.1, 0.15) is 0 Å². The SMILES string of the molecule is O=C1CN(C2CCC(OC3CCNCC3)CC2)S(=O)(=O)N1. The van der Waals surface area contributed by atoms with Crippen LogP contribution in [0.3, 0.4) is 0 Å². The Balaban J connectivity index is 1.50. The Bertz CT molecular complexity index is 482. The van der Waals surface area contributed by atoms with Crippen molar-refractivity contribution in [1.82, 2.24) is 14.3 Å². The van der Waals surface area contributed by atoms with Gasteiger partial charge >= 0.3 is 10.2 Å². The molecule has 7 nitrogen and oxygen atoms in total. The monoisotopic (exact) mass is 317 g/mol. The van der Waals surface area contributed by atoms with Gasteiger partial charge in [-0.05, 0) is 51.6 Å². The van der Waals surface area contributed by atoms with E-state index in [4.69, 9.17) is 4.74 Å². The lowest BCUT2D eigenvalue weighted by Crippen LogP contribution is -2.43. The number of nitrogens with zero attached hydrogens (tertiary/aromatic N) is 1. The highest BCUT2D eigenvalue weighted by Gasteiger charge is 2.40. The van der Waals surface area contributed by atoms with Crippen LogP contribution < -0.4 is 10.0 Å². The minimum atomic E-state index is -3.60. The fraction of sp³-hybridized carbons (Fsp3) is 0.923. The van der Waals surface area contributed by atoms with Gasteiger partial charge in [-0.2, -0.15) is 12.7 Å². The molecular weight excluding hydrogens is 294 g/mol. The zero-order valence-electron chi connectivity index (χ0n) is 12.1. The van der Waals surface area contributed by atoms with E-state index < -0.39 is 16.1 Å². The van der Waals surface area contributed by atoms with E-state index in [-0.39, 0.29) is 18.7 Å². The van der Waals surface area contributed by atoms with Gasteiger partial charge < -0.3 is 10.1 Å². The third-order valence-electron chi connectivity index (χ3n) is 4.57. The van der Waals surface area contributed by atoms with Crippen molar-refractivity contribution in [1.29, 1.82) is 0 Å². The van der Waals surface area contributed by atoms with Crippen molar-refractivity contribution in [2.24, 2.45) is 0 Å². The number of hydrogen-bond acceptors (Lipinski definition) is 5. The zero-order valence-corrected chi connectivity index (χ0v) is 12.9. The van der Waals surface area contributed by atoms with Gasteiger partial charge in [-0.3, -0.25) is 4.79 Å². The summed E-state index contributed by atoms with van der Waals surface area (Å²) in [5.74, 6) is -0.428. The molecular formula is C13H23N3O4S. The molecule has 3 fully saturated rings. The lowest BCUT2D eigenvalue weighted by molar-refractivity contribution is -0.118. The molecule has 21 heavy (non-hydrogen) atoms. The second-order valence-electron chi connectivity index (χ2n) is 6.09. The first-order valence-electron chi connectivity index (χ1n) is 7.73. The van der Waals surface area contributed by atoms with Gasteiger partial charge in [0.2, 0.25) is 5.91 Å². The van der Waals surface area contributed by atoms with Crippen LogP contribution >= 0.6 is 0 Å². The average Bonchev–Trinajstić information content (AvgIpc) is 2.74. The van der Waals surface area contributed by atoms with Crippen LogP contribution in [0.15, 0.2) is 0 Å². The summed E-state index contributed by atoms with van der Waals surface area (Å²) in [6, 6.07) is -0.0678. The molecule has 1 amide bonds. The largest absolute Gasteiger partial charge is 0.375 e. The Kier molecular flexibility index (Phi) is 4.49. The molecule has 2 heterocycles. The summed E-state index contributed by atoms with van der Waals surface area (Å²) in [7, 11) is -3.60. The van der Waals surface area contributed by atoms with Crippen LogP contribution in [0.1, 0.15) is 38.5 Å². The maximum atomic E-state index is 11.8. The van der Waals surface area contributed by atoms with Crippen molar-refractivity contribution in [2.75, 3.05) is 19.6 Å². The van der Waals surface area contributed by atoms with Gasteiger partial charge in [0.15, 0.2) is 0 Å². The summed E-state index contributed by atoms with van der Waals surface area (Å²) >= 11 is 0. The predicted octanol–water partition coefficient (Wildman–Crippen LogP) is -0.257. The van der Waals surface area contributed by atoms with Gasteiger partial charge in [0.25, 0.3) is 0 Å². The summed E-state index contributed by atoms with van der Waals surface area (Å²) in [6.07, 6.45) is 5.96. The fourth-order valence-corrected chi connectivity index (χ4v) is 4.82. The van der Waals surface area contributed by atoms with Crippen molar-refractivity contribution in [3.63, 3.8) is 0 Å². The standard InChI is InChI=1S/C13H23N3O4S/c17-13-9-16(21(18,19)15-13)10-1-3-11(4-2-10)20-12-5-7-14-8-6-12/h10-12,14H,1-9H2,(H,15,17). The molecule has 0 aromatic carbocycles. The normalized spacial score (nSPS) is 34.8. The van der Waals surface area contributed by atoms with Crippen LogP contribution in [0.5, 0.6) is 0 Å². The number of carbonyl (C=O) groups excluding carboxylic acids is 1. The molecule has 1 saturated carbocycles. The number of amides is 1. The zero-order chi connectivity index (χ0) is 14.9. The van der Waals surface area contributed by atoms with Gasteiger partial charge in [0, 0.05) is 6.04 Å². The van der Waals surface area contributed by atoms with Gasteiger partial charge in [-0.25, -0.2) is 4.72 Å². The van der Waals surface area contributed by atoms with E-state index in [0.29, 0.717) is 6.10 Å². The van der Waals surface area contributed by atoms with E-state index >= 15 is 0 Å². The van der Waals surface area contributed by atoms with Crippen LogP contribution in [0.4, 0.5) is 0 Å². The van der Waals surface area contributed by atoms with Gasteiger partial charge in [-0.15, -0.1) is 0 Å². The van der Waals surface area contributed by atoms with Crippen LogP contribution in [0.2, 0.25) is 0 Å². The molecule has 8 heteroatoms. The maximum absolute atomic E-state index is 11.8. The molecule has 2 N–H and O–H groups in total. The Morgan fingerprint density at radius 3 is 2.19 bits per heavy atom. The highest BCUT2D eigenvalue weighted by atomic mass is 32.2. The van der Waals surface area contributed by atoms with Crippen molar-refractivity contribution in [3.8, 4) is 0 Å². The van der Waals surface area contributed by atoms with E-state index in [9.17, 15) is 13.2 Å². The van der Waals surface area contributed by atoms with Crippen LogP contribution in [-0.2, 0) is 19.7 Å². The highest BCUT2D eigenvalue weighted by molar-refractivity contribution is 7.88. The Morgan fingerprint density at radius 2 is 1.62 bits per heavy atom. The molecule has 3 aliphatic rings. The minimum absolute atomic E-state index is 0.0349. The second kappa shape index (κ2) is 6.20. The molecule has 0 aromatic rings. The van der Waals surface area contributed by atoms with E-state index in [2.05, 4.69) is 5.32 Å². The number of nitrogens with one attached hydrogen (secondary N) is 2. The molecule has 0 radical (unpaired) electrons. The lowest BCUT2D eigenvalue weighted by Gasteiger charge is -2.35. The summed E-state index contributed by atoms with van der Waals surface area (Å²) < 4.78 is 33.1. The van der Waals surface area contributed by atoms with Crippen molar-refractivity contribution >= 4 is 16.1 Å².